The molecular formula is C17H19BrN2O. The largest absolute Gasteiger partial charge is 0.326 e. The zero-order valence-corrected chi connectivity index (χ0v) is 13.4. The molecule has 0 saturated carbocycles. The minimum absolute atomic E-state index is 0.0320. The highest BCUT2D eigenvalue weighted by Gasteiger charge is 2.01. The smallest absolute Gasteiger partial charge is 0.225 e. The number of nitrogens with one attached hydrogen (secondary N) is 2. The van der Waals surface area contributed by atoms with Gasteiger partial charge >= 0.3 is 0 Å². The van der Waals surface area contributed by atoms with Gasteiger partial charge in [-0.1, -0.05) is 46.3 Å². The van der Waals surface area contributed by atoms with Gasteiger partial charge in [-0.2, -0.15) is 0 Å². The zero-order valence-electron chi connectivity index (χ0n) is 11.8. The summed E-state index contributed by atoms with van der Waals surface area (Å²) in [5, 5.41) is 6.17. The molecule has 0 aromatic heterocycles. The highest BCUT2D eigenvalue weighted by atomic mass is 79.9. The molecule has 0 bridgehead atoms. The van der Waals surface area contributed by atoms with E-state index in [1.54, 1.807) is 0 Å². The summed E-state index contributed by atoms with van der Waals surface area (Å²) in [5.41, 5.74) is 2.14. The van der Waals surface area contributed by atoms with Crippen molar-refractivity contribution in [1.82, 2.24) is 5.32 Å². The highest BCUT2D eigenvalue weighted by molar-refractivity contribution is 9.10. The molecule has 2 aromatic carbocycles. The molecular weight excluding hydrogens is 328 g/mol. The third kappa shape index (κ3) is 6.10. The minimum Gasteiger partial charge on any atom is -0.326 e. The van der Waals surface area contributed by atoms with E-state index in [0.29, 0.717) is 13.0 Å². The summed E-state index contributed by atoms with van der Waals surface area (Å²) in [4.78, 5) is 11.8. The van der Waals surface area contributed by atoms with Crippen LogP contribution in [0.4, 0.5) is 5.69 Å². The van der Waals surface area contributed by atoms with Crippen molar-refractivity contribution in [2.75, 3.05) is 18.4 Å². The van der Waals surface area contributed by atoms with Crippen LogP contribution in [0.1, 0.15) is 12.0 Å². The minimum atomic E-state index is 0.0320. The summed E-state index contributed by atoms with van der Waals surface area (Å²) in [5.74, 6) is 0.0320. The Hall–Kier alpha value is -1.65. The van der Waals surface area contributed by atoms with Gasteiger partial charge in [0, 0.05) is 23.1 Å². The lowest BCUT2D eigenvalue weighted by Crippen LogP contribution is -2.23. The first-order valence-electron chi connectivity index (χ1n) is 7.04. The third-order valence-corrected chi connectivity index (χ3v) is 3.62. The Bertz CT molecular complexity index is 555. The number of benzene rings is 2. The van der Waals surface area contributed by atoms with Crippen LogP contribution in [0, 0.1) is 0 Å². The molecule has 2 aromatic rings. The second-order valence-electron chi connectivity index (χ2n) is 4.79. The molecule has 0 saturated heterocycles. The fourth-order valence-electron chi connectivity index (χ4n) is 1.96. The van der Waals surface area contributed by atoms with Gasteiger partial charge in [-0.3, -0.25) is 4.79 Å². The number of carbonyl (C=O) groups excluding carboxylic acids is 1. The first-order valence-corrected chi connectivity index (χ1v) is 7.83. The van der Waals surface area contributed by atoms with Crippen LogP contribution >= 0.6 is 15.9 Å². The van der Waals surface area contributed by atoms with Crippen LogP contribution in [-0.4, -0.2) is 19.0 Å². The number of rotatable bonds is 7. The molecule has 21 heavy (non-hydrogen) atoms. The summed E-state index contributed by atoms with van der Waals surface area (Å²) < 4.78 is 1.00. The molecule has 110 valence electrons. The predicted octanol–water partition coefficient (Wildman–Crippen LogP) is 3.61. The van der Waals surface area contributed by atoms with E-state index < -0.39 is 0 Å². The van der Waals surface area contributed by atoms with Gasteiger partial charge in [0.1, 0.15) is 0 Å². The number of hydrogen-bond acceptors (Lipinski definition) is 2. The van der Waals surface area contributed by atoms with Crippen molar-refractivity contribution in [2.45, 2.75) is 12.8 Å². The van der Waals surface area contributed by atoms with Crippen molar-refractivity contribution >= 4 is 27.5 Å². The SMILES string of the molecule is O=C(CCNCCc1ccccc1)Nc1ccc(Br)cc1. The Morgan fingerprint density at radius 1 is 0.952 bits per heavy atom. The van der Waals surface area contributed by atoms with Crippen LogP contribution in [0.2, 0.25) is 0 Å². The van der Waals surface area contributed by atoms with Gasteiger partial charge in [-0.05, 0) is 42.8 Å². The molecule has 0 atom stereocenters. The lowest BCUT2D eigenvalue weighted by molar-refractivity contribution is -0.116. The average Bonchev–Trinajstić information content (AvgIpc) is 2.50. The fourth-order valence-corrected chi connectivity index (χ4v) is 2.23. The first-order chi connectivity index (χ1) is 10.2. The van der Waals surface area contributed by atoms with E-state index in [-0.39, 0.29) is 5.91 Å². The molecule has 2 rings (SSSR count). The van der Waals surface area contributed by atoms with Crippen molar-refractivity contribution in [3.63, 3.8) is 0 Å². The molecule has 0 heterocycles. The molecule has 0 aliphatic carbocycles. The van der Waals surface area contributed by atoms with Crippen LogP contribution in [0.3, 0.4) is 0 Å². The summed E-state index contributed by atoms with van der Waals surface area (Å²) >= 11 is 3.37. The van der Waals surface area contributed by atoms with Crippen LogP contribution in [-0.2, 0) is 11.2 Å². The van der Waals surface area contributed by atoms with E-state index in [9.17, 15) is 4.79 Å². The van der Waals surface area contributed by atoms with Crippen LogP contribution in [0.15, 0.2) is 59.1 Å². The number of anilines is 1. The normalized spacial score (nSPS) is 10.3. The summed E-state index contributed by atoms with van der Waals surface area (Å²) in [6.45, 7) is 1.57. The van der Waals surface area contributed by atoms with Crippen molar-refractivity contribution in [3.8, 4) is 0 Å². The third-order valence-electron chi connectivity index (χ3n) is 3.09. The van der Waals surface area contributed by atoms with Gasteiger partial charge in [-0.15, -0.1) is 0 Å². The van der Waals surface area contributed by atoms with Crippen molar-refractivity contribution in [1.29, 1.82) is 0 Å². The van der Waals surface area contributed by atoms with Crippen LogP contribution in [0.5, 0.6) is 0 Å². The molecule has 4 heteroatoms. The Morgan fingerprint density at radius 2 is 1.67 bits per heavy atom. The van der Waals surface area contributed by atoms with Crippen molar-refractivity contribution < 1.29 is 4.79 Å². The lowest BCUT2D eigenvalue weighted by atomic mass is 10.1. The Kier molecular flexibility index (Phi) is 6.44. The summed E-state index contributed by atoms with van der Waals surface area (Å²) in [6.07, 6.45) is 1.46. The standard InChI is InChI=1S/C17H19BrN2O/c18-15-6-8-16(9-7-15)20-17(21)11-13-19-12-10-14-4-2-1-3-5-14/h1-9,19H,10-13H2,(H,20,21). The van der Waals surface area contributed by atoms with Crippen LogP contribution in [0.25, 0.3) is 0 Å². The monoisotopic (exact) mass is 346 g/mol. The molecule has 2 N–H and O–H groups in total. The van der Waals surface area contributed by atoms with E-state index in [0.717, 1.165) is 23.1 Å². The second-order valence-corrected chi connectivity index (χ2v) is 5.71. The zero-order chi connectivity index (χ0) is 14.9. The van der Waals surface area contributed by atoms with Gasteiger partial charge in [0.15, 0.2) is 0 Å². The maximum absolute atomic E-state index is 11.8. The lowest BCUT2D eigenvalue weighted by Gasteiger charge is -2.07. The van der Waals surface area contributed by atoms with Gasteiger partial charge in [0.05, 0.1) is 0 Å². The van der Waals surface area contributed by atoms with E-state index >= 15 is 0 Å². The predicted molar refractivity (Wildman–Crippen MR) is 90.4 cm³/mol. The molecule has 1 amide bonds. The van der Waals surface area contributed by atoms with Gasteiger partial charge in [0.2, 0.25) is 5.91 Å². The summed E-state index contributed by atoms with van der Waals surface area (Å²) in [7, 11) is 0. The quantitative estimate of drug-likeness (QED) is 0.752. The molecule has 0 spiro atoms. The van der Waals surface area contributed by atoms with E-state index in [1.807, 2.05) is 42.5 Å². The van der Waals surface area contributed by atoms with E-state index in [1.165, 1.54) is 5.56 Å². The molecule has 0 radical (unpaired) electrons. The second kappa shape index (κ2) is 8.60. The highest BCUT2D eigenvalue weighted by Crippen LogP contribution is 2.14. The molecule has 0 unspecified atom stereocenters. The van der Waals surface area contributed by atoms with Gasteiger partial charge in [-0.25, -0.2) is 0 Å². The molecule has 0 aliphatic rings. The Balaban J connectivity index is 1.60. The number of hydrogen-bond donors (Lipinski definition) is 2. The molecule has 3 nitrogen and oxygen atoms in total. The first kappa shape index (κ1) is 15.7. The molecule has 0 fully saturated rings. The van der Waals surface area contributed by atoms with Gasteiger partial charge < -0.3 is 10.6 Å². The van der Waals surface area contributed by atoms with Gasteiger partial charge in [0.25, 0.3) is 0 Å². The van der Waals surface area contributed by atoms with Crippen molar-refractivity contribution in [3.05, 3.63) is 64.6 Å². The Labute approximate surface area is 133 Å². The van der Waals surface area contributed by atoms with E-state index in [2.05, 4.69) is 38.7 Å². The number of halogens is 1. The molecule has 0 aliphatic heterocycles. The average molecular weight is 347 g/mol. The fraction of sp³-hybridized carbons (Fsp3) is 0.235. The van der Waals surface area contributed by atoms with Crippen molar-refractivity contribution in [2.24, 2.45) is 0 Å². The maximum Gasteiger partial charge on any atom is 0.225 e. The number of carbonyl (C=O) groups is 1. The topological polar surface area (TPSA) is 41.1 Å². The number of amides is 1. The van der Waals surface area contributed by atoms with E-state index in [4.69, 9.17) is 0 Å². The Morgan fingerprint density at radius 3 is 2.38 bits per heavy atom. The maximum atomic E-state index is 11.8. The summed E-state index contributed by atoms with van der Waals surface area (Å²) in [6, 6.07) is 17.9. The van der Waals surface area contributed by atoms with Crippen LogP contribution < -0.4 is 10.6 Å².